The minimum Gasteiger partial charge on any atom is -0.339 e. The maximum absolute atomic E-state index is 13.8. The van der Waals surface area contributed by atoms with E-state index in [-0.39, 0.29) is 24.1 Å². The van der Waals surface area contributed by atoms with E-state index in [9.17, 15) is 14.4 Å². The van der Waals surface area contributed by atoms with Crippen LogP contribution in [0.25, 0.3) is 0 Å². The number of amides is 3. The molecule has 0 spiro atoms. The second kappa shape index (κ2) is 11.1. The summed E-state index contributed by atoms with van der Waals surface area (Å²) < 4.78 is 0. The van der Waals surface area contributed by atoms with E-state index in [0.29, 0.717) is 43.1 Å². The lowest BCUT2D eigenvalue weighted by molar-refractivity contribution is -0.138. The van der Waals surface area contributed by atoms with E-state index >= 15 is 0 Å². The summed E-state index contributed by atoms with van der Waals surface area (Å²) in [6.07, 6.45) is 0.195. The number of amidine groups is 1. The van der Waals surface area contributed by atoms with E-state index in [1.807, 2.05) is 54.5 Å². The Bertz CT molecular complexity index is 1410. The van der Waals surface area contributed by atoms with Crippen molar-refractivity contribution < 1.29 is 14.4 Å². The topological polar surface area (TPSA) is 85.3 Å². The monoisotopic (exact) mass is 543 g/mol. The lowest BCUT2D eigenvalue weighted by Gasteiger charge is -2.38. The molecule has 3 aliphatic heterocycles. The highest BCUT2D eigenvalue weighted by atomic mass is 32.2. The number of nitrogens with zero attached hydrogens (tertiary/aromatic N) is 4. The SMILES string of the molecule is CC(=O)N1CCN(C(=O)CC2=CSC3=NC(C)=C(C(=O)Nc4ccccc4)C(c4cc(C)ccc4C)N23)CC1. The molecule has 3 heterocycles. The molecule has 2 aromatic rings. The van der Waals surface area contributed by atoms with Crippen molar-refractivity contribution in [3.05, 3.63) is 87.6 Å². The molecule has 5 rings (SSSR count). The van der Waals surface area contributed by atoms with Gasteiger partial charge >= 0.3 is 0 Å². The van der Waals surface area contributed by atoms with Crippen molar-refractivity contribution in [3.63, 3.8) is 0 Å². The summed E-state index contributed by atoms with van der Waals surface area (Å²) >= 11 is 1.48. The van der Waals surface area contributed by atoms with Crippen LogP contribution in [0.3, 0.4) is 0 Å². The average Bonchev–Trinajstić information content (AvgIpc) is 3.31. The summed E-state index contributed by atoms with van der Waals surface area (Å²) in [7, 11) is 0. The van der Waals surface area contributed by atoms with Crippen LogP contribution < -0.4 is 5.32 Å². The van der Waals surface area contributed by atoms with E-state index in [2.05, 4.69) is 35.3 Å². The lowest BCUT2D eigenvalue weighted by Crippen LogP contribution is -2.50. The van der Waals surface area contributed by atoms with Crippen LogP contribution in [-0.4, -0.2) is 63.8 Å². The number of hydrogen-bond donors (Lipinski definition) is 1. The molecule has 0 saturated carbocycles. The summed E-state index contributed by atoms with van der Waals surface area (Å²) in [5.74, 6) is -0.172. The van der Waals surface area contributed by atoms with Crippen LogP contribution in [0.4, 0.5) is 5.69 Å². The molecule has 1 N–H and O–H groups in total. The maximum Gasteiger partial charge on any atom is 0.255 e. The van der Waals surface area contributed by atoms with Crippen LogP contribution in [0.1, 0.15) is 43.0 Å². The predicted molar refractivity (Wildman–Crippen MR) is 155 cm³/mol. The normalized spacial score (nSPS) is 19.0. The molecule has 9 heteroatoms. The van der Waals surface area contributed by atoms with Crippen LogP contribution >= 0.6 is 11.8 Å². The number of benzene rings is 2. The number of rotatable bonds is 5. The summed E-state index contributed by atoms with van der Waals surface area (Å²) in [5.41, 5.74) is 5.92. The Morgan fingerprint density at radius 1 is 0.974 bits per heavy atom. The Kier molecular flexibility index (Phi) is 7.61. The smallest absolute Gasteiger partial charge is 0.255 e. The number of aryl methyl sites for hydroxylation is 2. The molecule has 2 aromatic carbocycles. The third-order valence-corrected chi connectivity index (χ3v) is 8.31. The van der Waals surface area contributed by atoms with Crippen LogP contribution in [0.5, 0.6) is 0 Å². The summed E-state index contributed by atoms with van der Waals surface area (Å²) in [6.45, 7) is 9.65. The molecule has 3 aliphatic rings. The fourth-order valence-electron chi connectivity index (χ4n) is 5.27. The van der Waals surface area contributed by atoms with Gasteiger partial charge in [0.1, 0.15) is 0 Å². The summed E-state index contributed by atoms with van der Waals surface area (Å²) in [5, 5.41) is 5.79. The largest absolute Gasteiger partial charge is 0.339 e. The Hall–Kier alpha value is -3.85. The van der Waals surface area contributed by atoms with Crippen molar-refractivity contribution in [3.8, 4) is 0 Å². The van der Waals surface area contributed by atoms with Gasteiger partial charge in [0.25, 0.3) is 5.91 Å². The average molecular weight is 544 g/mol. The number of para-hydroxylation sites is 1. The standard InChI is InChI=1S/C30H33N5O3S/c1-19-10-11-20(2)25(16-19)28-27(29(38)32-23-8-6-5-7-9-23)21(3)31-30-35(28)24(18-39-30)17-26(37)34-14-12-33(13-15-34)22(4)36/h5-11,16,18,28H,12-15,17H2,1-4H3,(H,32,38). The molecule has 0 radical (unpaired) electrons. The number of aliphatic imine (C=N–C) groups is 1. The number of carbonyl (C=O) groups is 3. The number of anilines is 1. The molecule has 0 aromatic heterocycles. The molecule has 0 bridgehead atoms. The first kappa shape index (κ1) is 26.7. The van der Waals surface area contributed by atoms with Gasteiger partial charge in [0.05, 0.1) is 23.7 Å². The van der Waals surface area contributed by atoms with Gasteiger partial charge in [-0.25, -0.2) is 4.99 Å². The first-order valence-corrected chi connectivity index (χ1v) is 14.0. The Morgan fingerprint density at radius 3 is 2.36 bits per heavy atom. The molecule has 3 amide bonds. The van der Waals surface area contributed by atoms with Crippen LogP contribution in [0, 0.1) is 13.8 Å². The van der Waals surface area contributed by atoms with Crippen molar-refractivity contribution >= 4 is 40.3 Å². The fraction of sp³-hybridized carbons (Fsp3) is 0.333. The van der Waals surface area contributed by atoms with E-state index in [1.54, 1.807) is 11.8 Å². The van der Waals surface area contributed by atoms with Gasteiger partial charge in [-0.3, -0.25) is 14.4 Å². The van der Waals surface area contributed by atoms with Crippen molar-refractivity contribution in [1.82, 2.24) is 14.7 Å². The number of thioether (sulfide) groups is 1. The highest BCUT2D eigenvalue weighted by molar-refractivity contribution is 8.16. The predicted octanol–water partition coefficient (Wildman–Crippen LogP) is 4.60. The zero-order chi connectivity index (χ0) is 27.7. The molecular weight excluding hydrogens is 510 g/mol. The Balaban J connectivity index is 1.47. The van der Waals surface area contributed by atoms with Crippen LogP contribution in [0.2, 0.25) is 0 Å². The highest BCUT2D eigenvalue weighted by Crippen LogP contribution is 2.45. The van der Waals surface area contributed by atoms with Crippen LogP contribution in [0.15, 0.2) is 75.9 Å². The van der Waals surface area contributed by atoms with Gasteiger partial charge in [-0.1, -0.05) is 53.7 Å². The van der Waals surface area contributed by atoms with E-state index in [0.717, 1.165) is 27.6 Å². The summed E-state index contributed by atoms with van der Waals surface area (Å²) in [4.78, 5) is 49.4. The number of carbonyl (C=O) groups excluding carboxylic acids is 3. The zero-order valence-corrected chi connectivity index (χ0v) is 23.5. The lowest BCUT2D eigenvalue weighted by atomic mass is 9.89. The fourth-order valence-corrected chi connectivity index (χ4v) is 6.23. The van der Waals surface area contributed by atoms with Gasteiger partial charge < -0.3 is 20.0 Å². The van der Waals surface area contributed by atoms with E-state index in [1.165, 1.54) is 11.8 Å². The Labute approximate surface area is 233 Å². The highest BCUT2D eigenvalue weighted by Gasteiger charge is 2.41. The van der Waals surface area contributed by atoms with Gasteiger partial charge in [0.2, 0.25) is 11.8 Å². The van der Waals surface area contributed by atoms with Gasteiger partial charge in [-0.2, -0.15) is 0 Å². The van der Waals surface area contributed by atoms with Gasteiger partial charge in [0, 0.05) is 44.5 Å². The van der Waals surface area contributed by atoms with Gasteiger partial charge in [-0.05, 0) is 49.4 Å². The second-order valence-electron chi connectivity index (χ2n) is 10.1. The number of allylic oxidation sites excluding steroid dienone is 1. The van der Waals surface area contributed by atoms with Crippen LogP contribution in [-0.2, 0) is 14.4 Å². The third-order valence-electron chi connectivity index (χ3n) is 7.42. The first-order chi connectivity index (χ1) is 18.7. The third kappa shape index (κ3) is 5.49. The van der Waals surface area contributed by atoms with Gasteiger partial charge in [0.15, 0.2) is 5.17 Å². The molecule has 1 atom stereocenters. The van der Waals surface area contributed by atoms with E-state index < -0.39 is 6.04 Å². The number of fused-ring (bicyclic) bond motifs is 1. The maximum atomic E-state index is 13.8. The van der Waals surface area contributed by atoms with Crippen molar-refractivity contribution in [2.75, 3.05) is 31.5 Å². The minimum atomic E-state index is -0.426. The summed E-state index contributed by atoms with van der Waals surface area (Å²) in [6, 6.07) is 15.2. The minimum absolute atomic E-state index is 0.00702. The van der Waals surface area contributed by atoms with E-state index in [4.69, 9.17) is 4.99 Å². The molecule has 8 nitrogen and oxygen atoms in total. The molecular formula is C30H33N5O3S. The number of hydrogen-bond acceptors (Lipinski definition) is 6. The molecule has 1 unspecified atom stereocenters. The quantitative estimate of drug-likeness (QED) is 0.596. The van der Waals surface area contributed by atoms with Crippen molar-refractivity contribution in [2.24, 2.45) is 4.99 Å². The second-order valence-corrected chi connectivity index (χ2v) is 11.0. The first-order valence-electron chi connectivity index (χ1n) is 13.1. The molecule has 1 fully saturated rings. The van der Waals surface area contributed by atoms with Crippen molar-refractivity contribution in [2.45, 2.75) is 40.2 Å². The molecule has 0 aliphatic carbocycles. The molecule has 202 valence electrons. The number of nitrogens with one attached hydrogen (secondary N) is 1. The molecule has 39 heavy (non-hydrogen) atoms. The zero-order valence-electron chi connectivity index (χ0n) is 22.7. The molecule has 1 saturated heterocycles. The Morgan fingerprint density at radius 2 is 1.67 bits per heavy atom. The van der Waals surface area contributed by atoms with Crippen molar-refractivity contribution in [1.29, 1.82) is 0 Å². The number of piperazine rings is 1. The van der Waals surface area contributed by atoms with Gasteiger partial charge in [-0.15, -0.1) is 0 Å².